The standard InChI is InChI=1S/C20H18N6/c1-12-17(7-2-13-10-15-8-9-23-19(15)24-11-13)18(26-20(22)25-12)14-3-5-16(21)6-4-14/h3-6,10-11H,8-9,21H2,1H3,(H,23,24)(H2,22,25,26). The molecule has 6 heteroatoms. The van der Waals surface area contributed by atoms with Gasteiger partial charge in [0.15, 0.2) is 0 Å². The average Bonchev–Trinajstić information content (AvgIpc) is 3.09. The summed E-state index contributed by atoms with van der Waals surface area (Å²) < 4.78 is 0. The van der Waals surface area contributed by atoms with Crippen LogP contribution < -0.4 is 16.8 Å². The second-order valence-electron chi connectivity index (χ2n) is 6.17. The molecule has 1 aliphatic heterocycles. The van der Waals surface area contributed by atoms with Crippen LogP contribution in [0.25, 0.3) is 11.3 Å². The van der Waals surface area contributed by atoms with Gasteiger partial charge >= 0.3 is 0 Å². The summed E-state index contributed by atoms with van der Waals surface area (Å²) in [5, 5.41) is 3.25. The van der Waals surface area contributed by atoms with E-state index in [1.807, 2.05) is 31.2 Å². The Bertz CT molecular complexity index is 1040. The molecule has 3 heterocycles. The first-order valence-corrected chi connectivity index (χ1v) is 8.35. The number of nitrogens with zero attached hydrogens (tertiary/aromatic N) is 3. The number of nitrogen functional groups attached to an aromatic ring is 2. The number of nitrogens with one attached hydrogen (secondary N) is 1. The van der Waals surface area contributed by atoms with E-state index in [2.05, 4.69) is 38.2 Å². The topological polar surface area (TPSA) is 103 Å². The zero-order chi connectivity index (χ0) is 18.1. The van der Waals surface area contributed by atoms with Gasteiger partial charge in [0.25, 0.3) is 0 Å². The van der Waals surface area contributed by atoms with Gasteiger partial charge in [0.1, 0.15) is 5.82 Å². The fourth-order valence-corrected chi connectivity index (χ4v) is 2.97. The summed E-state index contributed by atoms with van der Waals surface area (Å²) in [5.74, 6) is 7.57. The van der Waals surface area contributed by atoms with E-state index in [9.17, 15) is 0 Å². The van der Waals surface area contributed by atoms with Crippen LogP contribution in [0.3, 0.4) is 0 Å². The Kier molecular flexibility index (Phi) is 3.90. The van der Waals surface area contributed by atoms with Crippen LogP contribution in [-0.4, -0.2) is 21.5 Å². The largest absolute Gasteiger partial charge is 0.399 e. The predicted octanol–water partition coefficient (Wildman–Crippen LogP) is 2.38. The third-order valence-corrected chi connectivity index (χ3v) is 4.28. The van der Waals surface area contributed by atoms with Crippen molar-refractivity contribution in [1.82, 2.24) is 15.0 Å². The summed E-state index contributed by atoms with van der Waals surface area (Å²) in [6, 6.07) is 9.55. The Morgan fingerprint density at radius 2 is 1.88 bits per heavy atom. The van der Waals surface area contributed by atoms with Gasteiger partial charge in [-0.15, -0.1) is 0 Å². The summed E-state index contributed by atoms with van der Waals surface area (Å²) in [6.07, 6.45) is 2.75. The summed E-state index contributed by atoms with van der Waals surface area (Å²) in [4.78, 5) is 13.1. The summed E-state index contributed by atoms with van der Waals surface area (Å²) in [5.41, 5.74) is 17.5. The molecule has 0 radical (unpaired) electrons. The molecule has 6 nitrogen and oxygen atoms in total. The second kappa shape index (κ2) is 6.37. The van der Waals surface area contributed by atoms with Gasteiger partial charge in [-0.3, -0.25) is 0 Å². The molecule has 0 bridgehead atoms. The summed E-state index contributed by atoms with van der Waals surface area (Å²) in [7, 11) is 0. The molecule has 26 heavy (non-hydrogen) atoms. The van der Waals surface area contributed by atoms with Gasteiger partial charge < -0.3 is 16.8 Å². The molecule has 0 saturated carbocycles. The van der Waals surface area contributed by atoms with Crippen molar-refractivity contribution in [2.75, 3.05) is 23.3 Å². The smallest absolute Gasteiger partial charge is 0.220 e. The number of hydrogen-bond acceptors (Lipinski definition) is 6. The molecular weight excluding hydrogens is 324 g/mol. The number of nitrogens with two attached hydrogens (primary N) is 2. The van der Waals surface area contributed by atoms with Crippen molar-refractivity contribution in [3.8, 4) is 23.1 Å². The van der Waals surface area contributed by atoms with Gasteiger partial charge in [0.05, 0.1) is 17.0 Å². The molecule has 5 N–H and O–H groups in total. The van der Waals surface area contributed by atoms with E-state index in [0.717, 1.165) is 41.2 Å². The lowest BCUT2D eigenvalue weighted by Crippen LogP contribution is -2.03. The Morgan fingerprint density at radius 1 is 1.08 bits per heavy atom. The van der Waals surface area contributed by atoms with Crippen LogP contribution in [0.2, 0.25) is 0 Å². The molecule has 4 rings (SSSR count). The molecule has 2 aromatic heterocycles. The highest BCUT2D eigenvalue weighted by Gasteiger charge is 2.12. The predicted molar refractivity (Wildman–Crippen MR) is 103 cm³/mol. The van der Waals surface area contributed by atoms with Crippen LogP contribution in [0, 0.1) is 18.8 Å². The molecule has 3 aromatic rings. The fraction of sp³-hybridized carbons (Fsp3) is 0.150. The van der Waals surface area contributed by atoms with E-state index in [-0.39, 0.29) is 5.95 Å². The van der Waals surface area contributed by atoms with Crippen molar-refractivity contribution in [2.45, 2.75) is 13.3 Å². The number of anilines is 3. The van der Waals surface area contributed by atoms with Gasteiger partial charge in [-0.2, -0.15) is 0 Å². The van der Waals surface area contributed by atoms with Gasteiger partial charge in [0, 0.05) is 29.6 Å². The van der Waals surface area contributed by atoms with Crippen LogP contribution in [0.4, 0.5) is 17.5 Å². The first-order chi connectivity index (χ1) is 12.6. The SMILES string of the molecule is Cc1nc(N)nc(-c2ccc(N)cc2)c1C#Cc1cnc2c(c1)CCN2. The molecule has 128 valence electrons. The maximum Gasteiger partial charge on any atom is 0.220 e. The number of pyridine rings is 1. The highest BCUT2D eigenvalue weighted by atomic mass is 15.0. The van der Waals surface area contributed by atoms with Gasteiger partial charge in [0.2, 0.25) is 5.95 Å². The maximum atomic E-state index is 5.85. The molecular formula is C20H18N6. The first-order valence-electron chi connectivity index (χ1n) is 8.35. The Labute approximate surface area is 151 Å². The minimum Gasteiger partial charge on any atom is -0.399 e. The highest BCUT2D eigenvalue weighted by molar-refractivity contribution is 5.71. The summed E-state index contributed by atoms with van der Waals surface area (Å²) >= 11 is 0. The third kappa shape index (κ3) is 3.03. The second-order valence-corrected chi connectivity index (χ2v) is 6.17. The van der Waals surface area contributed by atoms with E-state index in [0.29, 0.717) is 11.4 Å². The van der Waals surface area contributed by atoms with Crippen molar-refractivity contribution < 1.29 is 0 Å². The normalized spacial score (nSPS) is 12.0. The molecule has 1 aliphatic rings. The number of rotatable bonds is 1. The molecule has 0 aliphatic carbocycles. The zero-order valence-electron chi connectivity index (χ0n) is 14.4. The van der Waals surface area contributed by atoms with E-state index in [1.165, 1.54) is 5.56 Å². The quantitative estimate of drug-likeness (QED) is 0.463. The first kappa shape index (κ1) is 15.9. The van der Waals surface area contributed by atoms with Gasteiger partial charge in [-0.1, -0.05) is 24.0 Å². The number of aromatic nitrogens is 3. The van der Waals surface area contributed by atoms with Crippen molar-refractivity contribution in [3.05, 3.63) is 58.9 Å². The Hall–Kier alpha value is -3.59. The van der Waals surface area contributed by atoms with Crippen LogP contribution in [0.1, 0.15) is 22.4 Å². The molecule has 0 atom stereocenters. The minimum absolute atomic E-state index is 0.227. The van der Waals surface area contributed by atoms with Gasteiger partial charge in [-0.05, 0) is 37.1 Å². The average molecular weight is 342 g/mol. The zero-order valence-corrected chi connectivity index (χ0v) is 14.4. The van der Waals surface area contributed by atoms with E-state index >= 15 is 0 Å². The molecule has 0 fully saturated rings. The molecule has 0 amide bonds. The van der Waals surface area contributed by atoms with Crippen molar-refractivity contribution in [3.63, 3.8) is 0 Å². The van der Waals surface area contributed by atoms with E-state index < -0.39 is 0 Å². The third-order valence-electron chi connectivity index (χ3n) is 4.28. The molecule has 0 unspecified atom stereocenters. The number of hydrogen-bond donors (Lipinski definition) is 3. The Balaban J connectivity index is 1.78. The molecule has 1 aromatic carbocycles. The molecule has 0 spiro atoms. The van der Waals surface area contributed by atoms with Crippen LogP contribution in [-0.2, 0) is 6.42 Å². The van der Waals surface area contributed by atoms with Crippen molar-refractivity contribution in [1.29, 1.82) is 0 Å². The number of aryl methyl sites for hydroxylation is 1. The number of fused-ring (bicyclic) bond motifs is 1. The van der Waals surface area contributed by atoms with Crippen molar-refractivity contribution in [2.24, 2.45) is 0 Å². The highest BCUT2D eigenvalue weighted by Crippen LogP contribution is 2.25. The van der Waals surface area contributed by atoms with E-state index in [4.69, 9.17) is 11.5 Å². The lowest BCUT2D eigenvalue weighted by molar-refractivity contribution is 1.10. The minimum atomic E-state index is 0.227. The molecule has 0 saturated heterocycles. The van der Waals surface area contributed by atoms with Crippen LogP contribution in [0.15, 0.2) is 36.5 Å². The lowest BCUT2D eigenvalue weighted by atomic mass is 10.0. The Morgan fingerprint density at radius 3 is 2.69 bits per heavy atom. The monoisotopic (exact) mass is 342 g/mol. The lowest BCUT2D eigenvalue weighted by Gasteiger charge is -2.08. The van der Waals surface area contributed by atoms with Crippen LogP contribution >= 0.6 is 0 Å². The fourth-order valence-electron chi connectivity index (χ4n) is 2.97. The maximum absolute atomic E-state index is 5.85. The number of benzene rings is 1. The van der Waals surface area contributed by atoms with Gasteiger partial charge in [-0.25, -0.2) is 15.0 Å². The van der Waals surface area contributed by atoms with E-state index in [1.54, 1.807) is 6.20 Å². The summed E-state index contributed by atoms with van der Waals surface area (Å²) in [6.45, 7) is 2.80. The van der Waals surface area contributed by atoms with Crippen molar-refractivity contribution >= 4 is 17.5 Å². The van der Waals surface area contributed by atoms with Crippen LogP contribution in [0.5, 0.6) is 0 Å².